The maximum absolute atomic E-state index is 13.2. The fourth-order valence-corrected chi connectivity index (χ4v) is 6.60. The average molecular weight is 389 g/mol. The van der Waals surface area contributed by atoms with E-state index in [0.29, 0.717) is 30.2 Å². The summed E-state index contributed by atoms with van der Waals surface area (Å²) in [7, 11) is 0. The lowest BCUT2D eigenvalue weighted by Crippen LogP contribution is -2.60. The molecular formula is C23H40N4O. The fraction of sp³-hybridized carbons (Fsp3) is 0.957. The minimum atomic E-state index is 0.166. The molecular weight excluding hydrogens is 348 g/mol. The lowest BCUT2D eigenvalue weighted by Gasteiger charge is -2.42. The molecule has 1 saturated carbocycles. The molecule has 0 aromatic heterocycles. The summed E-state index contributed by atoms with van der Waals surface area (Å²) in [5.41, 5.74) is 0. The van der Waals surface area contributed by atoms with Crippen molar-refractivity contribution in [2.75, 3.05) is 13.1 Å². The van der Waals surface area contributed by atoms with E-state index in [1.807, 2.05) is 0 Å². The number of carbonyl (C=O) groups is 1. The number of hydrogen-bond donors (Lipinski definition) is 3. The Kier molecular flexibility index (Phi) is 5.68. The van der Waals surface area contributed by atoms with E-state index in [1.54, 1.807) is 0 Å². The van der Waals surface area contributed by atoms with E-state index in [9.17, 15) is 4.79 Å². The largest absolute Gasteiger partial charge is 0.352 e. The highest BCUT2D eigenvalue weighted by Gasteiger charge is 2.42. The monoisotopic (exact) mass is 388 g/mol. The Labute approximate surface area is 170 Å². The number of hydrogen-bond acceptors (Lipinski definition) is 4. The summed E-state index contributed by atoms with van der Waals surface area (Å²) in [6, 6.07) is 1.70. The third-order valence-corrected chi connectivity index (χ3v) is 8.52. The van der Waals surface area contributed by atoms with Crippen LogP contribution in [0.3, 0.4) is 0 Å². The Hall–Kier alpha value is -0.650. The Balaban J connectivity index is 1.29. The first kappa shape index (κ1) is 19.3. The van der Waals surface area contributed by atoms with Crippen molar-refractivity contribution in [1.29, 1.82) is 0 Å². The molecule has 0 aromatic rings. The highest BCUT2D eigenvalue weighted by Crippen LogP contribution is 2.39. The Morgan fingerprint density at radius 2 is 1.57 bits per heavy atom. The second-order valence-corrected chi connectivity index (χ2v) is 10.4. The first-order valence-corrected chi connectivity index (χ1v) is 12.3. The highest BCUT2D eigenvalue weighted by atomic mass is 16.2. The first-order valence-electron chi connectivity index (χ1n) is 12.3. The van der Waals surface area contributed by atoms with E-state index < -0.39 is 0 Å². The normalized spacial score (nSPS) is 45.8. The van der Waals surface area contributed by atoms with Crippen LogP contribution in [0.25, 0.3) is 0 Å². The molecule has 5 rings (SSSR count). The second kappa shape index (κ2) is 8.23. The zero-order chi connectivity index (χ0) is 19.1. The number of piperidine rings is 2. The van der Waals surface area contributed by atoms with Crippen molar-refractivity contribution >= 4 is 5.91 Å². The zero-order valence-corrected chi connectivity index (χ0v) is 17.7. The molecule has 0 aromatic carbocycles. The molecule has 4 heterocycles. The summed E-state index contributed by atoms with van der Waals surface area (Å²) >= 11 is 0. The van der Waals surface area contributed by atoms with Gasteiger partial charge in [0.05, 0.1) is 12.1 Å². The summed E-state index contributed by atoms with van der Waals surface area (Å²) in [5.74, 6) is 2.18. The van der Waals surface area contributed by atoms with Gasteiger partial charge in [-0.3, -0.25) is 15.0 Å². The molecule has 2 bridgehead atoms. The van der Waals surface area contributed by atoms with Gasteiger partial charge in [0.1, 0.15) is 0 Å². The molecule has 5 fully saturated rings. The lowest BCUT2D eigenvalue weighted by atomic mass is 9.82. The zero-order valence-electron chi connectivity index (χ0n) is 17.7. The van der Waals surface area contributed by atoms with Crippen LogP contribution in [0.5, 0.6) is 0 Å². The molecule has 0 spiro atoms. The number of carbonyl (C=O) groups excluding carboxylic acids is 1. The Morgan fingerprint density at radius 3 is 2.43 bits per heavy atom. The van der Waals surface area contributed by atoms with Crippen LogP contribution in [0.1, 0.15) is 77.6 Å². The van der Waals surface area contributed by atoms with Crippen LogP contribution in [0.15, 0.2) is 0 Å². The van der Waals surface area contributed by atoms with Crippen LogP contribution in [-0.2, 0) is 4.79 Å². The summed E-state index contributed by atoms with van der Waals surface area (Å²) in [6.07, 6.45) is 14.5. The lowest BCUT2D eigenvalue weighted by molar-refractivity contribution is -0.128. The highest BCUT2D eigenvalue weighted by molar-refractivity contribution is 5.80. The van der Waals surface area contributed by atoms with Crippen molar-refractivity contribution in [1.82, 2.24) is 20.9 Å². The molecule has 158 valence electrons. The average Bonchev–Trinajstić information content (AvgIpc) is 3.48. The molecule has 5 aliphatic rings. The van der Waals surface area contributed by atoms with Crippen molar-refractivity contribution in [3.8, 4) is 0 Å². The van der Waals surface area contributed by atoms with Crippen molar-refractivity contribution in [3.63, 3.8) is 0 Å². The molecule has 4 aliphatic heterocycles. The van der Waals surface area contributed by atoms with Gasteiger partial charge in [0, 0.05) is 30.7 Å². The van der Waals surface area contributed by atoms with Gasteiger partial charge in [-0.25, -0.2) is 0 Å². The van der Waals surface area contributed by atoms with Crippen molar-refractivity contribution in [3.05, 3.63) is 0 Å². The maximum Gasteiger partial charge on any atom is 0.224 e. The van der Waals surface area contributed by atoms with Gasteiger partial charge >= 0.3 is 0 Å². The van der Waals surface area contributed by atoms with Crippen LogP contribution in [0, 0.1) is 17.8 Å². The van der Waals surface area contributed by atoms with E-state index in [0.717, 1.165) is 18.3 Å². The number of nitrogens with one attached hydrogen (secondary N) is 3. The van der Waals surface area contributed by atoms with Gasteiger partial charge in [-0.2, -0.15) is 0 Å². The number of nitrogens with zero attached hydrogens (tertiary/aromatic N) is 1. The number of rotatable bonds is 1. The quantitative estimate of drug-likeness (QED) is 0.646. The van der Waals surface area contributed by atoms with Gasteiger partial charge in [-0.15, -0.1) is 0 Å². The number of amides is 1. The predicted molar refractivity (Wildman–Crippen MR) is 112 cm³/mol. The molecule has 3 N–H and O–H groups in total. The maximum atomic E-state index is 13.2. The van der Waals surface area contributed by atoms with Crippen LogP contribution in [0.4, 0.5) is 0 Å². The summed E-state index contributed by atoms with van der Waals surface area (Å²) in [6.45, 7) is 4.72. The van der Waals surface area contributed by atoms with E-state index >= 15 is 0 Å². The minimum absolute atomic E-state index is 0.166. The standard InChI is InChI=1S/C23H40N4O/c1-15-19-10-8-17-12-14-27(22(17)26-19)13-4-2-3-5-21-18(23(28)24-15)9-11-20(25-21)16-6-7-16/h15-22,25-26H,2-14H2,1H3,(H,24,28)/t15-,17?,18?,19?,20?,21?,22?/m1/s1. The topological polar surface area (TPSA) is 56.4 Å². The van der Waals surface area contributed by atoms with E-state index in [4.69, 9.17) is 0 Å². The molecule has 6 unspecified atom stereocenters. The third kappa shape index (κ3) is 3.99. The summed E-state index contributed by atoms with van der Waals surface area (Å²) in [4.78, 5) is 15.9. The Bertz CT molecular complexity index is 565. The van der Waals surface area contributed by atoms with Gasteiger partial charge in [0.2, 0.25) is 5.91 Å². The fourth-order valence-electron chi connectivity index (χ4n) is 6.60. The summed E-state index contributed by atoms with van der Waals surface area (Å²) < 4.78 is 0. The van der Waals surface area contributed by atoms with E-state index in [2.05, 4.69) is 27.8 Å². The van der Waals surface area contributed by atoms with Gasteiger partial charge in [0.15, 0.2) is 0 Å². The van der Waals surface area contributed by atoms with Crippen molar-refractivity contribution in [2.45, 2.75) is 108 Å². The molecule has 1 amide bonds. The molecule has 4 saturated heterocycles. The molecule has 5 heteroatoms. The van der Waals surface area contributed by atoms with Crippen LogP contribution < -0.4 is 16.0 Å². The van der Waals surface area contributed by atoms with Crippen LogP contribution in [0.2, 0.25) is 0 Å². The number of fused-ring (bicyclic) bond motifs is 2. The molecule has 28 heavy (non-hydrogen) atoms. The summed E-state index contributed by atoms with van der Waals surface area (Å²) in [5, 5.41) is 11.3. The van der Waals surface area contributed by atoms with Crippen LogP contribution in [-0.4, -0.2) is 54.2 Å². The second-order valence-electron chi connectivity index (χ2n) is 10.4. The molecule has 7 atom stereocenters. The first-order chi connectivity index (χ1) is 13.7. The van der Waals surface area contributed by atoms with Gasteiger partial charge in [-0.1, -0.05) is 12.8 Å². The van der Waals surface area contributed by atoms with E-state index in [1.165, 1.54) is 77.3 Å². The smallest absolute Gasteiger partial charge is 0.224 e. The predicted octanol–water partition coefficient (Wildman–Crippen LogP) is 2.61. The van der Waals surface area contributed by atoms with Crippen molar-refractivity contribution in [2.24, 2.45) is 17.8 Å². The van der Waals surface area contributed by atoms with Crippen LogP contribution >= 0.6 is 0 Å². The van der Waals surface area contributed by atoms with Gasteiger partial charge < -0.3 is 10.6 Å². The minimum Gasteiger partial charge on any atom is -0.352 e. The molecule has 1 aliphatic carbocycles. The third-order valence-electron chi connectivity index (χ3n) is 8.52. The van der Waals surface area contributed by atoms with E-state index in [-0.39, 0.29) is 12.0 Å². The molecule has 0 radical (unpaired) electrons. The SMILES string of the molecule is C[C@H]1NC(=O)C2CCC(C3CC3)NC2CCCCCN2CCC3CCC1NC32. The van der Waals surface area contributed by atoms with Gasteiger partial charge in [-0.05, 0) is 83.1 Å². The van der Waals surface area contributed by atoms with Crippen molar-refractivity contribution < 1.29 is 4.79 Å². The Morgan fingerprint density at radius 1 is 0.750 bits per heavy atom. The van der Waals surface area contributed by atoms with Gasteiger partial charge in [0.25, 0.3) is 0 Å². The molecule has 5 nitrogen and oxygen atoms in total.